The lowest BCUT2D eigenvalue weighted by Crippen LogP contribution is -2.45. The monoisotopic (exact) mass is 240 g/mol. The Morgan fingerprint density at radius 3 is 2.35 bits per heavy atom. The third kappa shape index (κ3) is 5.39. The smallest absolute Gasteiger partial charge is 0.00470 e. The zero-order valence-electron chi connectivity index (χ0n) is 12.4. The van der Waals surface area contributed by atoms with Crippen molar-refractivity contribution in [1.29, 1.82) is 0 Å². The Morgan fingerprint density at radius 2 is 1.82 bits per heavy atom. The van der Waals surface area contributed by atoms with E-state index >= 15 is 0 Å². The lowest BCUT2D eigenvalue weighted by atomic mass is 9.73. The Labute approximate surface area is 108 Å². The first-order valence-electron chi connectivity index (χ1n) is 7.47. The summed E-state index contributed by atoms with van der Waals surface area (Å²) in [4.78, 5) is 2.49. The Kier molecular flexibility index (Phi) is 6.50. The van der Waals surface area contributed by atoms with Gasteiger partial charge in [-0.05, 0) is 44.3 Å². The summed E-state index contributed by atoms with van der Waals surface area (Å²) in [6.07, 6.45) is 7.15. The van der Waals surface area contributed by atoms with Crippen LogP contribution in [0.3, 0.4) is 0 Å². The SMILES string of the molecule is CCN(C)CC1(CNCC(C)C)CCCCC1. The van der Waals surface area contributed by atoms with Gasteiger partial charge in [0, 0.05) is 13.1 Å². The van der Waals surface area contributed by atoms with Gasteiger partial charge in [0.05, 0.1) is 0 Å². The summed E-state index contributed by atoms with van der Waals surface area (Å²) in [5.74, 6) is 0.763. The molecule has 102 valence electrons. The van der Waals surface area contributed by atoms with Gasteiger partial charge < -0.3 is 10.2 Å². The Bertz CT molecular complexity index is 195. The van der Waals surface area contributed by atoms with Crippen molar-refractivity contribution in [3.05, 3.63) is 0 Å². The highest BCUT2D eigenvalue weighted by molar-refractivity contribution is 4.87. The fourth-order valence-corrected chi connectivity index (χ4v) is 3.00. The zero-order valence-corrected chi connectivity index (χ0v) is 12.4. The van der Waals surface area contributed by atoms with Crippen molar-refractivity contribution in [2.24, 2.45) is 11.3 Å². The molecule has 1 aliphatic rings. The maximum absolute atomic E-state index is 3.70. The maximum Gasteiger partial charge on any atom is 0.00470 e. The second kappa shape index (κ2) is 7.38. The molecule has 2 heteroatoms. The van der Waals surface area contributed by atoms with E-state index in [4.69, 9.17) is 0 Å². The summed E-state index contributed by atoms with van der Waals surface area (Å²) in [6, 6.07) is 0. The molecule has 0 heterocycles. The van der Waals surface area contributed by atoms with E-state index in [1.54, 1.807) is 0 Å². The van der Waals surface area contributed by atoms with Gasteiger partial charge in [-0.15, -0.1) is 0 Å². The molecule has 0 aromatic rings. The normalized spacial score (nSPS) is 20.1. The summed E-state index contributed by atoms with van der Waals surface area (Å²) in [6.45, 7) is 11.7. The Balaban J connectivity index is 2.46. The van der Waals surface area contributed by atoms with Crippen molar-refractivity contribution < 1.29 is 0 Å². The number of nitrogens with one attached hydrogen (secondary N) is 1. The molecule has 17 heavy (non-hydrogen) atoms. The van der Waals surface area contributed by atoms with Crippen LogP contribution in [0.2, 0.25) is 0 Å². The van der Waals surface area contributed by atoms with E-state index in [0.29, 0.717) is 5.41 Å². The highest BCUT2D eigenvalue weighted by Gasteiger charge is 2.32. The van der Waals surface area contributed by atoms with E-state index < -0.39 is 0 Å². The van der Waals surface area contributed by atoms with Gasteiger partial charge in [-0.2, -0.15) is 0 Å². The minimum absolute atomic E-state index is 0.553. The number of hydrogen-bond donors (Lipinski definition) is 1. The number of hydrogen-bond acceptors (Lipinski definition) is 2. The predicted octanol–water partition coefficient (Wildman–Crippen LogP) is 3.13. The fraction of sp³-hybridized carbons (Fsp3) is 1.00. The van der Waals surface area contributed by atoms with Gasteiger partial charge in [0.2, 0.25) is 0 Å². The molecule has 0 aliphatic heterocycles. The summed E-state index contributed by atoms with van der Waals surface area (Å²) >= 11 is 0. The van der Waals surface area contributed by atoms with Crippen molar-refractivity contribution >= 4 is 0 Å². The molecule has 0 aromatic carbocycles. The summed E-state index contributed by atoms with van der Waals surface area (Å²) in [5, 5.41) is 3.70. The van der Waals surface area contributed by atoms with Crippen LogP contribution in [-0.4, -0.2) is 38.1 Å². The molecular formula is C15H32N2. The molecule has 0 bridgehead atoms. The standard InChI is InChI=1S/C15H32N2/c1-5-17(4)13-15(9-7-6-8-10-15)12-16-11-14(2)3/h14,16H,5-13H2,1-4H3. The van der Waals surface area contributed by atoms with E-state index in [2.05, 4.69) is 38.0 Å². The second-order valence-corrected chi connectivity index (χ2v) is 6.42. The topological polar surface area (TPSA) is 15.3 Å². The third-order valence-corrected chi connectivity index (χ3v) is 4.11. The van der Waals surface area contributed by atoms with Gasteiger partial charge in [-0.3, -0.25) is 0 Å². The molecule has 0 amide bonds. The van der Waals surface area contributed by atoms with Crippen LogP contribution in [0.4, 0.5) is 0 Å². The van der Waals surface area contributed by atoms with Crippen LogP contribution in [0.1, 0.15) is 52.9 Å². The first-order valence-corrected chi connectivity index (χ1v) is 7.47. The van der Waals surface area contributed by atoms with E-state index in [0.717, 1.165) is 12.5 Å². The van der Waals surface area contributed by atoms with E-state index in [1.165, 1.54) is 51.7 Å². The van der Waals surface area contributed by atoms with Crippen molar-refractivity contribution in [3.63, 3.8) is 0 Å². The molecular weight excluding hydrogens is 208 g/mol. The lowest BCUT2D eigenvalue weighted by Gasteiger charge is -2.40. The minimum Gasteiger partial charge on any atom is -0.316 e. The van der Waals surface area contributed by atoms with Gasteiger partial charge in [0.1, 0.15) is 0 Å². The molecule has 1 aliphatic carbocycles. The third-order valence-electron chi connectivity index (χ3n) is 4.11. The van der Waals surface area contributed by atoms with E-state index in [-0.39, 0.29) is 0 Å². The molecule has 0 aromatic heterocycles. The first-order chi connectivity index (χ1) is 8.08. The minimum atomic E-state index is 0.553. The molecule has 0 unspecified atom stereocenters. The van der Waals surface area contributed by atoms with Crippen LogP contribution in [0.25, 0.3) is 0 Å². The average molecular weight is 240 g/mol. The van der Waals surface area contributed by atoms with E-state index in [9.17, 15) is 0 Å². The summed E-state index contributed by atoms with van der Waals surface area (Å²) in [5.41, 5.74) is 0.553. The molecule has 1 rings (SSSR count). The maximum atomic E-state index is 3.70. The van der Waals surface area contributed by atoms with Gasteiger partial charge in [0.25, 0.3) is 0 Å². The Hall–Kier alpha value is -0.0800. The average Bonchev–Trinajstić information content (AvgIpc) is 2.29. The highest BCUT2D eigenvalue weighted by atomic mass is 15.1. The van der Waals surface area contributed by atoms with Crippen molar-refractivity contribution in [3.8, 4) is 0 Å². The number of rotatable bonds is 7. The zero-order chi connectivity index (χ0) is 12.7. The van der Waals surface area contributed by atoms with Crippen LogP contribution in [0.15, 0.2) is 0 Å². The highest BCUT2D eigenvalue weighted by Crippen LogP contribution is 2.36. The molecule has 1 saturated carbocycles. The molecule has 0 saturated heterocycles. The van der Waals surface area contributed by atoms with Crippen LogP contribution in [0, 0.1) is 11.3 Å². The molecule has 2 nitrogen and oxygen atoms in total. The number of nitrogens with zero attached hydrogens (tertiary/aromatic N) is 1. The first kappa shape index (κ1) is 15.0. The Morgan fingerprint density at radius 1 is 1.18 bits per heavy atom. The van der Waals surface area contributed by atoms with Crippen LogP contribution in [0.5, 0.6) is 0 Å². The van der Waals surface area contributed by atoms with Crippen molar-refractivity contribution in [1.82, 2.24) is 10.2 Å². The second-order valence-electron chi connectivity index (χ2n) is 6.42. The van der Waals surface area contributed by atoms with Gasteiger partial charge in [-0.1, -0.05) is 40.0 Å². The molecule has 1 fully saturated rings. The lowest BCUT2D eigenvalue weighted by molar-refractivity contribution is 0.119. The van der Waals surface area contributed by atoms with Crippen molar-refractivity contribution in [2.75, 3.05) is 33.2 Å². The molecule has 0 atom stereocenters. The van der Waals surface area contributed by atoms with E-state index in [1.807, 2.05) is 0 Å². The van der Waals surface area contributed by atoms with Gasteiger partial charge >= 0.3 is 0 Å². The van der Waals surface area contributed by atoms with Crippen LogP contribution in [-0.2, 0) is 0 Å². The quantitative estimate of drug-likeness (QED) is 0.735. The van der Waals surface area contributed by atoms with Gasteiger partial charge in [0.15, 0.2) is 0 Å². The van der Waals surface area contributed by atoms with Crippen LogP contribution >= 0.6 is 0 Å². The van der Waals surface area contributed by atoms with Gasteiger partial charge in [-0.25, -0.2) is 0 Å². The summed E-state index contributed by atoms with van der Waals surface area (Å²) in [7, 11) is 2.26. The molecule has 1 N–H and O–H groups in total. The largest absolute Gasteiger partial charge is 0.316 e. The summed E-state index contributed by atoms with van der Waals surface area (Å²) < 4.78 is 0. The fourth-order valence-electron chi connectivity index (χ4n) is 3.00. The molecule has 0 spiro atoms. The predicted molar refractivity (Wildman–Crippen MR) is 76.4 cm³/mol. The van der Waals surface area contributed by atoms with Crippen LogP contribution < -0.4 is 5.32 Å². The van der Waals surface area contributed by atoms with Crippen molar-refractivity contribution in [2.45, 2.75) is 52.9 Å². The molecule has 0 radical (unpaired) electrons.